The number of alkyl carbamates (subject to hydrolysis) is 1. The fourth-order valence-electron chi connectivity index (χ4n) is 4.36. The quantitative estimate of drug-likeness (QED) is 0.781. The van der Waals surface area contributed by atoms with Crippen LogP contribution in [-0.2, 0) is 9.53 Å². The fraction of sp³-hybridized carbons (Fsp3) is 0.850. The first kappa shape index (κ1) is 21.5. The first-order chi connectivity index (χ1) is 12.5. The van der Waals surface area contributed by atoms with Crippen LogP contribution in [0.15, 0.2) is 0 Å². The van der Waals surface area contributed by atoms with Crippen molar-refractivity contribution in [3.05, 3.63) is 0 Å². The van der Waals surface area contributed by atoms with E-state index in [0.717, 1.165) is 12.8 Å². The van der Waals surface area contributed by atoms with E-state index in [2.05, 4.69) is 11.4 Å². The van der Waals surface area contributed by atoms with Gasteiger partial charge < -0.3 is 20.1 Å². The highest BCUT2D eigenvalue weighted by Crippen LogP contribution is 2.42. The van der Waals surface area contributed by atoms with E-state index in [1.165, 1.54) is 0 Å². The first-order valence-electron chi connectivity index (χ1n) is 9.87. The predicted molar refractivity (Wildman–Crippen MR) is 101 cm³/mol. The Balaban J connectivity index is 2.33. The summed E-state index contributed by atoms with van der Waals surface area (Å²) in [6.45, 7) is 9.05. The Bertz CT molecular complexity index is 601. The summed E-state index contributed by atoms with van der Waals surface area (Å²) in [6.07, 6.45) is 3.06. The number of ether oxygens (including phenoxy) is 1. The highest BCUT2D eigenvalue weighted by Gasteiger charge is 2.51. The number of nitrogens with one attached hydrogen (secondary N) is 1. The summed E-state index contributed by atoms with van der Waals surface area (Å²) in [5.41, 5.74) is -1.40. The lowest BCUT2D eigenvalue weighted by Crippen LogP contribution is -2.60. The van der Waals surface area contributed by atoms with Crippen molar-refractivity contribution in [3.8, 4) is 6.07 Å². The van der Waals surface area contributed by atoms with Crippen molar-refractivity contribution in [1.29, 1.82) is 5.26 Å². The molecule has 2 N–H and O–H groups in total. The number of rotatable bonds is 4. The van der Waals surface area contributed by atoms with Gasteiger partial charge in [-0.05, 0) is 52.9 Å². The normalized spacial score (nSPS) is 28.5. The summed E-state index contributed by atoms with van der Waals surface area (Å²) in [5.74, 6) is -0.0883. The van der Waals surface area contributed by atoms with Gasteiger partial charge in [-0.3, -0.25) is 4.79 Å². The minimum absolute atomic E-state index is 0.0952. The Morgan fingerprint density at radius 1 is 1.33 bits per heavy atom. The summed E-state index contributed by atoms with van der Waals surface area (Å²) in [4.78, 5) is 27.6. The van der Waals surface area contributed by atoms with Gasteiger partial charge in [0.2, 0.25) is 5.91 Å². The second-order valence-electron chi connectivity index (χ2n) is 9.15. The van der Waals surface area contributed by atoms with Crippen LogP contribution in [-0.4, -0.2) is 52.3 Å². The lowest BCUT2D eigenvalue weighted by atomic mass is 9.78. The average Bonchev–Trinajstić information content (AvgIpc) is 3.16. The number of aliphatic hydroxyl groups excluding tert-OH is 1. The summed E-state index contributed by atoms with van der Waals surface area (Å²) >= 11 is 0. The number of hydrogen-bond donors (Lipinski definition) is 2. The molecule has 1 heterocycles. The lowest BCUT2D eigenvalue weighted by Gasteiger charge is -2.39. The molecule has 7 nitrogen and oxygen atoms in total. The lowest BCUT2D eigenvalue weighted by molar-refractivity contribution is -0.140. The second-order valence-corrected chi connectivity index (χ2v) is 9.15. The van der Waals surface area contributed by atoms with Crippen LogP contribution in [0.4, 0.5) is 4.79 Å². The second kappa shape index (κ2) is 8.05. The van der Waals surface area contributed by atoms with E-state index in [9.17, 15) is 20.0 Å². The summed E-state index contributed by atoms with van der Waals surface area (Å²) in [5, 5.41) is 22.4. The van der Waals surface area contributed by atoms with Gasteiger partial charge >= 0.3 is 6.09 Å². The number of carbonyl (C=O) groups excluding carboxylic acids is 2. The van der Waals surface area contributed by atoms with E-state index in [0.29, 0.717) is 19.3 Å². The van der Waals surface area contributed by atoms with Crippen LogP contribution in [0.2, 0.25) is 0 Å². The zero-order valence-corrected chi connectivity index (χ0v) is 17.1. The van der Waals surface area contributed by atoms with Gasteiger partial charge in [-0.1, -0.05) is 19.8 Å². The van der Waals surface area contributed by atoms with Crippen molar-refractivity contribution >= 4 is 12.0 Å². The van der Waals surface area contributed by atoms with Gasteiger partial charge in [0.25, 0.3) is 0 Å². The molecule has 2 fully saturated rings. The van der Waals surface area contributed by atoms with Crippen LogP contribution in [0.3, 0.4) is 0 Å². The van der Waals surface area contributed by atoms with Gasteiger partial charge in [-0.15, -0.1) is 0 Å². The maximum absolute atomic E-state index is 13.5. The topological polar surface area (TPSA) is 103 Å². The van der Waals surface area contributed by atoms with Crippen LogP contribution in [0.1, 0.15) is 66.7 Å². The van der Waals surface area contributed by atoms with Crippen molar-refractivity contribution in [3.63, 3.8) is 0 Å². The molecule has 27 heavy (non-hydrogen) atoms. The zero-order valence-electron chi connectivity index (χ0n) is 17.1. The van der Waals surface area contributed by atoms with E-state index in [4.69, 9.17) is 4.74 Å². The van der Waals surface area contributed by atoms with E-state index in [-0.39, 0.29) is 24.5 Å². The van der Waals surface area contributed by atoms with E-state index >= 15 is 0 Å². The molecule has 0 aromatic carbocycles. The molecule has 0 spiro atoms. The molecule has 7 heteroatoms. The third-order valence-corrected chi connectivity index (χ3v) is 6.03. The van der Waals surface area contributed by atoms with E-state index < -0.39 is 29.2 Å². The number of aliphatic hydroxyl groups is 1. The average molecular weight is 380 g/mol. The van der Waals surface area contributed by atoms with Crippen LogP contribution >= 0.6 is 0 Å². The molecule has 1 aliphatic heterocycles. The summed E-state index contributed by atoms with van der Waals surface area (Å²) in [6, 6.07) is 0.716. The minimum atomic E-state index is -0.900. The Kier molecular flexibility index (Phi) is 6.41. The molecule has 1 saturated carbocycles. The van der Waals surface area contributed by atoms with Crippen LogP contribution in [0, 0.1) is 22.7 Å². The first-order valence-corrected chi connectivity index (χ1v) is 9.87. The van der Waals surface area contributed by atoms with Crippen molar-refractivity contribution < 1.29 is 19.4 Å². The van der Waals surface area contributed by atoms with E-state index in [1.54, 1.807) is 25.7 Å². The number of hydrogen-bond acceptors (Lipinski definition) is 5. The van der Waals surface area contributed by atoms with Gasteiger partial charge in [0.05, 0.1) is 12.7 Å². The monoisotopic (exact) mass is 379 g/mol. The zero-order chi connectivity index (χ0) is 20.4. The van der Waals surface area contributed by atoms with Crippen molar-refractivity contribution in [2.24, 2.45) is 11.3 Å². The number of carbonyl (C=O) groups is 2. The molecule has 1 aliphatic carbocycles. The Hall–Kier alpha value is -1.81. The molecular formula is C20H33N3O4. The predicted octanol–water partition coefficient (Wildman–Crippen LogP) is 2.58. The molecular weight excluding hydrogens is 346 g/mol. The van der Waals surface area contributed by atoms with Gasteiger partial charge in [0, 0.05) is 11.5 Å². The molecule has 0 aromatic heterocycles. The summed E-state index contributed by atoms with van der Waals surface area (Å²) in [7, 11) is 0. The molecule has 0 radical (unpaired) electrons. The Labute approximate surface area is 162 Å². The standard InChI is InChI=1S/C20H33N3O4/c1-13-10-15(11-21)23(14(13)2)17(25)16(20(12-24)8-6-7-9-20)22-18(26)27-19(3,4)5/h13-16,24H,6-10,12H2,1-5H3,(H,22,26)/t13-,14?,15-,16+/m0/s1. The molecule has 2 rings (SSSR count). The molecule has 0 aromatic rings. The van der Waals surface area contributed by atoms with Gasteiger partial charge in [-0.2, -0.15) is 5.26 Å². The number of likely N-dealkylation sites (tertiary alicyclic amines) is 1. The van der Waals surface area contributed by atoms with Crippen molar-refractivity contribution in [1.82, 2.24) is 10.2 Å². The Morgan fingerprint density at radius 2 is 1.93 bits per heavy atom. The number of nitriles is 1. The SMILES string of the molecule is CC1[C@@H](C)C[C@@H](C#N)N1C(=O)[C@@H](NC(=O)OC(C)(C)C)C1(CO)CCCC1. The molecule has 152 valence electrons. The fourth-order valence-corrected chi connectivity index (χ4v) is 4.36. The third-order valence-electron chi connectivity index (χ3n) is 6.03. The number of amides is 2. The largest absolute Gasteiger partial charge is 0.444 e. The van der Waals surface area contributed by atoms with Gasteiger partial charge in [0.1, 0.15) is 17.7 Å². The van der Waals surface area contributed by atoms with E-state index in [1.807, 2.05) is 13.8 Å². The maximum atomic E-state index is 13.5. The smallest absolute Gasteiger partial charge is 0.408 e. The highest BCUT2D eigenvalue weighted by molar-refractivity contribution is 5.87. The van der Waals surface area contributed by atoms with Crippen molar-refractivity contribution in [2.45, 2.75) is 90.4 Å². The maximum Gasteiger partial charge on any atom is 0.408 e. The molecule has 2 aliphatic rings. The summed E-state index contributed by atoms with van der Waals surface area (Å²) < 4.78 is 5.36. The minimum Gasteiger partial charge on any atom is -0.444 e. The van der Waals surface area contributed by atoms with Crippen molar-refractivity contribution in [2.75, 3.05) is 6.61 Å². The number of nitrogens with zero attached hydrogens (tertiary/aromatic N) is 2. The van der Waals surface area contributed by atoms with Crippen LogP contribution in [0.5, 0.6) is 0 Å². The van der Waals surface area contributed by atoms with Gasteiger partial charge in [-0.25, -0.2) is 4.79 Å². The molecule has 0 bridgehead atoms. The molecule has 1 saturated heterocycles. The van der Waals surface area contributed by atoms with Crippen LogP contribution < -0.4 is 5.32 Å². The molecule has 4 atom stereocenters. The highest BCUT2D eigenvalue weighted by atomic mass is 16.6. The molecule has 1 unspecified atom stereocenters. The van der Waals surface area contributed by atoms with Crippen LogP contribution in [0.25, 0.3) is 0 Å². The molecule has 2 amide bonds. The Morgan fingerprint density at radius 3 is 2.41 bits per heavy atom. The van der Waals surface area contributed by atoms with Gasteiger partial charge in [0.15, 0.2) is 0 Å². The third kappa shape index (κ3) is 4.55.